The lowest BCUT2D eigenvalue weighted by Crippen LogP contribution is -2.12. The van der Waals surface area contributed by atoms with E-state index in [0.717, 1.165) is 40.1 Å². The Bertz CT molecular complexity index is 1420. The summed E-state index contributed by atoms with van der Waals surface area (Å²) in [7, 11) is 0. The van der Waals surface area contributed by atoms with Gasteiger partial charge in [0.05, 0.1) is 24.4 Å². The van der Waals surface area contributed by atoms with Crippen LogP contribution in [0.5, 0.6) is 0 Å². The number of hydrogen-bond donors (Lipinski definition) is 1. The van der Waals surface area contributed by atoms with Crippen LogP contribution in [0.15, 0.2) is 59.1 Å². The minimum atomic E-state index is -0.398. The Morgan fingerprint density at radius 2 is 1.91 bits per heavy atom. The molecule has 7 nitrogen and oxygen atoms in total. The number of halogens is 1. The maximum absolute atomic E-state index is 13.0. The van der Waals surface area contributed by atoms with Crippen LogP contribution in [0.3, 0.4) is 0 Å². The number of rotatable bonds is 6. The van der Waals surface area contributed by atoms with Gasteiger partial charge in [0.15, 0.2) is 5.76 Å². The summed E-state index contributed by atoms with van der Waals surface area (Å²) in [6.07, 6.45) is 3.52. The molecule has 1 amide bonds. The van der Waals surface area contributed by atoms with Crippen molar-refractivity contribution in [1.29, 1.82) is 0 Å². The number of aryl methyl sites for hydroxylation is 2. The highest BCUT2D eigenvalue weighted by Crippen LogP contribution is 2.38. The molecule has 5 rings (SSSR count). The number of nitrogens with one attached hydrogen (secondary N) is 1. The molecule has 0 unspecified atom stereocenters. The van der Waals surface area contributed by atoms with Gasteiger partial charge in [-0.1, -0.05) is 29.8 Å². The normalized spacial score (nSPS) is 12.1. The Morgan fingerprint density at radius 1 is 1.14 bits per heavy atom. The number of fused-ring (bicyclic) bond motifs is 3. The number of nitrogens with zero attached hydrogens (tertiary/aromatic N) is 2. The van der Waals surface area contributed by atoms with Crippen molar-refractivity contribution in [3.8, 4) is 11.3 Å². The van der Waals surface area contributed by atoms with E-state index in [-0.39, 0.29) is 11.7 Å². The summed E-state index contributed by atoms with van der Waals surface area (Å²) in [4.78, 5) is 24.9. The first-order valence-corrected chi connectivity index (χ1v) is 11.8. The van der Waals surface area contributed by atoms with Crippen LogP contribution in [-0.2, 0) is 24.1 Å². The highest BCUT2D eigenvalue weighted by Gasteiger charge is 2.30. The molecule has 0 fully saturated rings. The van der Waals surface area contributed by atoms with Crippen molar-refractivity contribution in [2.45, 2.75) is 33.2 Å². The van der Waals surface area contributed by atoms with Crippen molar-refractivity contribution in [3.05, 3.63) is 93.5 Å². The first-order chi connectivity index (χ1) is 16.9. The van der Waals surface area contributed by atoms with Gasteiger partial charge in [-0.3, -0.25) is 9.48 Å². The van der Waals surface area contributed by atoms with E-state index in [9.17, 15) is 9.59 Å². The summed E-state index contributed by atoms with van der Waals surface area (Å²) < 4.78 is 12.9. The number of carbonyl (C=O) groups excluding carboxylic acids is 2. The average Bonchev–Trinajstić information content (AvgIpc) is 3.41. The number of ether oxygens (including phenoxy) is 1. The number of carbonyl (C=O) groups is 2. The van der Waals surface area contributed by atoms with Crippen molar-refractivity contribution >= 4 is 29.2 Å². The van der Waals surface area contributed by atoms with Crippen LogP contribution >= 0.6 is 11.6 Å². The van der Waals surface area contributed by atoms with Crippen molar-refractivity contribution in [2.24, 2.45) is 0 Å². The highest BCUT2D eigenvalue weighted by atomic mass is 35.5. The van der Waals surface area contributed by atoms with Crippen molar-refractivity contribution < 1.29 is 18.7 Å². The molecule has 0 atom stereocenters. The van der Waals surface area contributed by atoms with Gasteiger partial charge in [0, 0.05) is 34.5 Å². The first-order valence-electron chi connectivity index (χ1n) is 11.5. The summed E-state index contributed by atoms with van der Waals surface area (Å²) in [5.41, 5.74) is 5.58. The standard InChI is InChI=1S/C27H24ClN3O4/c1-3-34-27(33)17-8-11-20(12-9-17)29-26(32)25-16(2)23-22(35-25)13-10-19-15-31(30-24(19)23)14-18-6-4-5-7-21(18)28/h4-9,11-12,15H,3,10,13-14H2,1-2H3,(H,29,32). The lowest BCUT2D eigenvalue weighted by Gasteiger charge is -2.09. The largest absolute Gasteiger partial charge is 0.462 e. The van der Waals surface area contributed by atoms with E-state index in [0.29, 0.717) is 35.8 Å². The predicted octanol–water partition coefficient (Wildman–Crippen LogP) is 5.68. The van der Waals surface area contributed by atoms with Gasteiger partial charge >= 0.3 is 5.97 Å². The number of amides is 1. The van der Waals surface area contributed by atoms with E-state index in [2.05, 4.69) is 5.32 Å². The van der Waals surface area contributed by atoms with E-state index < -0.39 is 5.97 Å². The molecule has 0 saturated heterocycles. The van der Waals surface area contributed by atoms with Crippen molar-refractivity contribution in [3.63, 3.8) is 0 Å². The van der Waals surface area contributed by atoms with Gasteiger partial charge in [0.2, 0.25) is 0 Å². The second kappa shape index (κ2) is 9.43. The van der Waals surface area contributed by atoms with Gasteiger partial charge in [0.25, 0.3) is 5.91 Å². The topological polar surface area (TPSA) is 86.4 Å². The number of aromatic nitrogens is 2. The molecule has 2 heterocycles. The van der Waals surface area contributed by atoms with Crippen LogP contribution in [0.2, 0.25) is 5.02 Å². The molecule has 35 heavy (non-hydrogen) atoms. The van der Waals surface area contributed by atoms with Gasteiger partial charge in [-0.25, -0.2) is 4.79 Å². The Labute approximate surface area is 207 Å². The van der Waals surface area contributed by atoms with E-state index in [1.165, 1.54) is 0 Å². The molecule has 2 aromatic heterocycles. The van der Waals surface area contributed by atoms with Crippen molar-refractivity contribution in [1.82, 2.24) is 9.78 Å². The van der Waals surface area contributed by atoms with Gasteiger partial charge in [-0.05, 0) is 61.7 Å². The highest BCUT2D eigenvalue weighted by molar-refractivity contribution is 6.31. The maximum atomic E-state index is 13.0. The zero-order valence-corrected chi connectivity index (χ0v) is 20.2. The quantitative estimate of drug-likeness (QED) is 0.352. The zero-order chi connectivity index (χ0) is 24.5. The van der Waals surface area contributed by atoms with Crippen LogP contribution in [-0.4, -0.2) is 28.3 Å². The smallest absolute Gasteiger partial charge is 0.338 e. The van der Waals surface area contributed by atoms with Gasteiger partial charge < -0.3 is 14.5 Å². The zero-order valence-electron chi connectivity index (χ0n) is 19.4. The van der Waals surface area contributed by atoms with Crippen LogP contribution < -0.4 is 5.32 Å². The molecule has 1 N–H and O–H groups in total. The SMILES string of the molecule is CCOC(=O)c1ccc(NC(=O)c2oc3c(c2C)-c2nn(Cc4ccccc4Cl)cc2CC3)cc1. The number of esters is 1. The second-order valence-corrected chi connectivity index (χ2v) is 8.81. The Balaban J connectivity index is 1.37. The molecule has 0 bridgehead atoms. The molecule has 8 heteroatoms. The number of hydrogen-bond acceptors (Lipinski definition) is 5. The molecule has 0 aliphatic heterocycles. The van der Waals surface area contributed by atoms with Gasteiger partial charge in [-0.15, -0.1) is 0 Å². The lowest BCUT2D eigenvalue weighted by atomic mass is 9.93. The molecule has 178 valence electrons. The Morgan fingerprint density at radius 3 is 2.66 bits per heavy atom. The molecule has 4 aromatic rings. The van der Waals surface area contributed by atoms with Crippen LogP contribution in [0.1, 0.15) is 50.3 Å². The fourth-order valence-electron chi connectivity index (χ4n) is 4.35. The lowest BCUT2D eigenvalue weighted by molar-refractivity contribution is 0.0526. The molecule has 2 aromatic carbocycles. The maximum Gasteiger partial charge on any atom is 0.338 e. The summed E-state index contributed by atoms with van der Waals surface area (Å²) in [5, 5.41) is 8.36. The van der Waals surface area contributed by atoms with Crippen LogP contribution in [0, 0.1) is 6.92 Å². The molecule has 0 spiro atoms. The molecule has 0 saturated carbocycles. The Hall–Kier alpha value is -3.84. The van der Waals surface area contributed by atoms with E-state index in [1.807, 2.05) is 42.1 Å². The monoisotopic (exact) mass is 489 g/mol. The minimum Gasteiger partial charge on any atom is -0.462 e. The number of benzene rings is 2. The minimum absolute atomic E-state index is 0.262. The fraction of sp³-hybridized carbons (Fsp3) is 0.222. The third-order valence-corrected chi connectivity index (χ3v) is 6.43. The van der Waals surface area contributed by atoms with E-state index >= 15 is 0 Å². The first kappa shape index (κ1) is 22.9. The summed E-state index contributed by atoms with van der Waals surface area (Å²) in [5.74, 6) is 0.279. The fourth-order valence-corrected chi connectivity index (χ4v) is 4.55. The molecule has 1 aliphatic rings. The average molecular weight is 490 g/mol. The third kappa shape index (κ3) is 4.47. The second-order valence-electron chi connectivity index (χ2n) is 8.40. The number of anilines is 1. The van der Waals surface area contributed by atoms with Gasteiger partial charge in [0.1, 0.15) is 5.76 Å². The van der Waals surface area contributed by atoms with Crippen LogP contribution in [0.25, 0.3) is 11.3 Å². The predicted molar refractivity (Wildman–Crippen MR) is 133 cm³/mol. The summed E-state index contributed by atoms with van der Waals surface area (Å²) in [6, 6.07) is 14.3. The summed E-state index contributed by atoms with van der Waals surface area (Å²) in [6.45, 7) is 4.50. The molecular weight excluding hydrogens is 466 g/mol. The Kier molecular flexibility index (Phi) is 6.17. The molecule has 0 radical (unpaired) electrons. The molecular formula is C27H24ClN3O4. The van der Waals surface area contributed by atoms with Crippen molar-refractivity contribution in [2.75, 3.05) is 11.9 Å². The van der Waals surface area contributed by atoms with Crippen LogP contribution in [0.4, 0.5) is 5.69 Å². The summed E-state index contributed by atoms with van der Waals surface area (Å²) >= 11 is 6.33. The molecule has 1 aliphatic carbocycles. The van der Waals surface area contributed by atoms with E-state index in [4.69, 9.17) is 25.9 Å². The third-order valence-electron chi connectivity index (χ3n) is 6.07. The van der Waals surface area contributed by atoms with E-state index in [1.54, 1.807) is 31.2 Å². The number of furan rings is 1. The van der Waals surface area contributed by atoms with Gasteiger partial charge in [-0.2, -0.15) is 5.10 Å².